The van der Waals surface area contributed by atoms with Gasteiger partial charge in [-0.3, -0.25) is 14.9 Å². The first-order chi connectivity index (χ1) is 11.6. The highest BCUT2D eigenvalue weighted by Gasteiger charge is 2.32. The van der Waals surface area contributed by atoms with Crippen molar-refractivity contribution >= 4 is 34.2 Å². The first-order valence-electron chi connectivity index (χ1n) is 7.63. The predicted octanol–water partition coefficient (Wildman–Crippen LogP) is 2.26. The molecule has 0 saturated carbocycles. The number of carbonyl (C=O) groups excluding carboxylic acids is 2. The minimum Gasteiger partial charge on any atom is -0.324 e. The normalized spacial score (nSPS) is 16.5. The number of nitrogens with zero attached hydrogens (tertiary/aromatic N) is 3. The molecule has 0 aliphatic carbocycles. The van der Waals surface area contributed by atoms with E-state index < -0.39 is 6.04 Å². The van der Waals surface area contributed by atoms with Crippen molar-refractivity contribution in [2.75, 3.05) is 10.6 Å². The Morgan fingerprint density at radius 1 is 1.25 bits per heavy atom. The second kappa shape index (κ2) is 5.45. The molecule has 1 aliphatic rings. The molecule has 0 radical (unpaired) electrons. The van der Waals surface area contributed by atoms with Crippen LogP contribution < -0.4 is 10.6 Å². The number of fused-ring (bicyclic) bond motifs is 2. The molecule has 0 unspecified atom stereocenters. The van der Waals surface area contributed by atoms with Gasteiger partial charge in [0, 0.05) is 11.1 Å². The van der Waals surface area contributed by atoms with Gasteiger partial charge in [0.25, 0.3) is 0 Å². The number of aromatic nitrogens is 3. The molecule has 2 aromatic carbocycles. The minimum absolute atomic E-state index is 0.0341. The third-order valence-electron chi connectivity index (χ3n) is 4.01. The Bertz CT molecular complexity index is 957. The smallest absolute Gasteiger partial charge is 0.249 e. The summed E-state index contributed by atoms with van der Waals surface area (Å²) in [5.41, 5.74) is 0.711. The van der Waals surface area contributed by atoms with E-state index >= 15 is 0 Å². The number of anilines is 2. The summed E-state index contributed by atoms with van der Waals surface area (Å²) < 4.78 is 1.47. The molecular weight excluding hydrogens is 306 g/mol. The molecule has 2 heterocycles. The van der Waals surface area contributed by atoms with Crippen LogP contribution >= 0.6 is 0 Å². The van der Waals surface area contributed by atoms with Crippen molar-refractivity contribution in [1.82, 2.24) is 14.8 Å². The molecule has 7 nitrogen and oxygen atoms in total. The third kappa shape index (κ3) is 2.40. The SMILES string of the molecule is Cc1nc2n(n1)[C@@H](C(=O)Nc1cccc3ccccc13)CC(=O)N2. The molecule has 0 fully saturated rings. The van der Waals surface area contributed by atoms with E-state index in [1.165, 1.54) is 4.68 Å². The van der Waals surface area contributed by atoms with Crippen molar-refractivity contribution in [3.63, 3.8) is 0 Å². The van der Waals surface area contributed by atoms with Gasteiger partial charge in [-0.1, -0.05) is 36.4 Å². The van der Waals surface area contributed by atoms with Crippen LogP contribution in [0.5, 0.6) is 0 Å². The molecule has 24 heavy (non-hydrogen) atoms. The van der Waals surface area contributed by atoms with Crippen LogP contribution in [0.25, 0.3) is 10.8 Å². The molecule has 4 rings (SSSR count). The lowest BCUT2D eigenvalue weighted by atomic mass is 10.1. The van der Waals surface area contributed by atoms with Crippen LogP contribution in [0.1, 0.15) is 18.3 Å². The molecule has 1 aromatic heterocycles. The molecule has 3 aromatic rings. The van der Waals surface area contributed by atoms with Crippen LogP contribution in [-0.2, 0) is 9.59 Å². The van der Waals surface area contributed by atoms with Gasteiger partial charge < -0.3 is 5.32 Å². The first-order valence-corrected chi connectivity index (χ1v) is 7.63. The Morgan fingerprint density at radius 3 is 2.92 bits per heavy atom. The highest BCUT2D eigenvalue weighted by atomic mass is 16.2. The van der Waals surface area contributed by atoms with Crippen LogP contribution in [0.15, 0.2) is 42.5 Å². The molecule has 120 valence electrons. The van der Waals surface area contributed by atoms with E-state index in [-0.39, 0.29) is 18.2 Å². The van der Waals surface area contributed by atoms with Gasteiger partial charge in [-0.25, -0.2) is 4.68 Å². The molecule has 7 heteroatoms. The highest BCUT2D eigenvalue weighted by molar-refractivity contribution is 6.05. The Hall–Kier alpha value is -3.22. The quantitative estimate of drug-likeness (QED) is 0.758. The first kappa shape index (κ1) is 14.4. The fraction of sp³-hybridized carbons (Fsp3) is 0.176. The van der Waals surface area contributed by atoms with Crippen molar-refractivity contribution in [2.24, 2.45) is 0 Å². The number of nitrogens with one attached hydrogen (secondary N) is 2. The maximum atomic E-state index is 12.7. The Balaban J connectivity index is 1.68. The summed E-state index contributed by atoms with van der Waals surface area (Å²) in [5, 5.41) is 11.8. The van der Waals surface area contributed by atoms with Gasteiger partial charge in [-0.2, -0.15) is 10.1 Å². The second-order valence-electron chi connectivity index (χ2n) is 5.71. The third-order valence-corrected chi connectivity index (χ3v) is 4.01. The fourth-order valence-electron chi connectivity index (χ4n) is 2.92. The molecule has 0 spiro atoms. The molecule has 0 saturated heterocycles. The van der Waals surface area contributed by atoms with Gasteiger partial charge in [0.2, 0.25) is 17.8 Å². The largest absolute Gasteiger partial charge is 0.324 e. The Labute approximate surface area is 137 Å². The van der Waals surface area contributed by atoms with Crippen molar-refractivity contribution in [1.29, 1.82) is 0 Å². The van der Waals surface area contributed by atoms with Crippen molar-refractivity contribution < 1.29 is 9.59 Å². The molecule has 1 aliphatic heterocycles. The van der Waals surface area contributed by atoms with Gasteiger partial charge in [-0.15, -0.1) is 0 Å². The average molecular weight is 321 g/mol. The molecule has 0 bridgehead atoms. The zero-order valence-electron chi connectivity index (χ0n) is 13.0. The van der Waals surface area contributed by atoms with Gasteiger partial charge in [-0.05, 0) is 18.4 Å². The summed E-state index contributed by atoms with van der Waals surface area (Å²) in [6.07, 6.45) is 0.0341. The van der Waals surface area contributed by atoms with Crippen molar-refractivity contribution in [3.05, 3.63) is 48.3 Å². The summed E-state index contributed by atoms with van der Waals surface area (Å²) in [7, 11) is 0. The summed E-state index contributed by atoms with van der Waals surface area (Å²) in [6, 6.07) is 12.8. The minimum atomic E-state index is -0.714. The number of carbonyl (C=O) groups is 2. The van der Waals surface area contributed by atoms with Crippen LogP contribution in [0.4, 0.5) is 11.6 Å². The zero-order valence-corrected chi connectivity index (χ0v) is 13.0. The number of amides is 2. The lowest BCUT2D eigenvalue weighted by Gasteiger charge is -2.22. The number of rotatable bonds is 2. The Kier molecular flexibility index (Phi) is 3.26. The second-order valence-corrected chi connectivity index (χ2v) is 5.71. The van der Waals surface area contributed by atoms with Crippen molar-refractivity contribution in [2.45, 2.75) is 19.4 Å². The summed E-state index contributed by atoms with van der Waals surface area (Å²) in [5.74, 6) is 0.289. The highest BCUT2D eigenvalue weighted by Crippen LogP contribution is 2.27. The lowest BCUT2D eigenvalue weighted by molar-refractivity contribution is -0.125. The molecule has 2 N–H and O–H groups in total. The van der Waals surface area contributed by atoms with Crippen LogP contribution in [-0.4, -0.2) is 26.6 Å². The van der Waals surface area contributed by atoms with Gasteiger partial charge in [0.1, 0.15) is 11.9 Å². The average Bonchev–Trinajstić information content (AvgIpc) is 2.94. The van der Waals surface area contributed by atoms with E-state index in [0.29, 0.717) is 17.5 Å². The lowest BCUT2D eigenvalue weighted by Crippen LogP contribution is -2.36. The predicted molar refractivity (Wildman–Crippen MR) is 89.6 cm³/mol. The van der Waals surface area contributed by atoms with Crippen LogP contribution in [0, 0.1) is 6.92 Å². The maximum absolute atomic E-state index is 12.7. The number of aryl methyl sites for hydroxylation is 1. The van der Waals surface area contributed by atoms with Gasteiger partial charge in [0.05, 0.1) is 6.42 Å². The summed E-state index contributed by atoms with van der Waals surface area (Å²) >= 11 is 0. The van der Waals surface area contributed by atoms with E-state index in [1.54, 1.807) is 6.92 Å². The van der Waals surface area contributed by atoms with E-state index in [2.05, 4.69) is 20.7 Å². The number of hydrogen-bond acceptors (Lipinski definition) is 4. The van der Waals surface area contributed by atoms with E-state index in [4.69, 9.17) is 0 Å². The zero-order chi connectivity index (χ0) is 16.7. The molecular formula is C17H15N5O2. The molecule has 2 amide bonds. The molecule has 1 atom stereocenters. The Morgan fingerprint density at radius 2 is 2.04 bits per heavy atom. The van der Waals surface area contributed by atoms with Crippen LogP contribution in [0.2, 0.25) is 0 Å². The van der Waals surface area contributed by atoms with E-state index in [1.807, 2.05) is 42.5 Å². The number of hydrogen-bond donors (Lipinski definition) is 2. The van der Waals surface area contributed by atoms with Gasteiger partial charge in [0.15, 0.2) is 0 Å². The van der Waals surface area contributed by atoms with Crippen molar-refractivity contribution in [3.8, 4) is 0 Å². The van der Waals surface area contributed by atoms with E-state index in [9.17, 15) is 9.59 Å². The fourth-order valence-corrected chi connectivity index (χ4v) is 2.92. The topological polar surface area (TPSA) is 88.9 Å². The number of benzene rings is 2. The monoisotopic (exact) mass is 321 g/mol. The summed E-state index contributed by atoms with van der Waals surface area (Å²) in [6.45, 7) is 1.72. The van der Waals surface area contributed by atoms with E-state index in [0.717, 1.165) is 10.8 Å². The van der Waals surface area contributed by atoms with Gasteiger partial charge >= 0.3 is 0 Å². The maximum Gasteiger partial charge on any atom is 0.249 e. The standard InChI is InChI=1S/C17H15N5O2/c1-10-18-17-20-15(23)9-14(22(17)21-10)16(24)19-13-8-4-6-11-5-2-3-7-12(11)13/h2-8,14H,9H2,1H3,(H,19,24)(H,18,20,21,23)/t14-/m1/s1. The summed E-state index contributed by atoms with van der Waals surface area (Å²) in [4.78, 5) is 28.7. The van der Waals surface area contributed by atoms with Crippen LogP contribution in [0.3, 0.4) is 0 Å².